The zero-order valence-corrected chi connectivity index (χ0v) is 18.5. The molecule has 5 nitrogen and oxygen atoms in total. The highest BCUT2D eigenvalue weighted by Gasteiger charge is 2.15. The Morgan fingerprint density at radius 1 is 1.26 bits per heavy atom. The lowest BCUT2D eigenvalue weighted by atomic mass is 10.1. The highest BCUT2D eigenvalue weighted by atomic mass is 127. The topological polar surface area (TPSA) is 56.7 Å². The molecular formula is C20H32FIN4O. The molecule has 0 bridgehead atoms. The second kappa shape index (κ2) is 13.7. The monoisotopic (exact) mass is 490 g/mol. The second-order valence-corrected chi connectivity index (χ2v) is 6.61. The van der Waals surface area contributed by atoms with Gasteiger partial charge in [-0.05, 0) is 50.3 Å². The van der Waals surface area contributed by atoms with E-state index in [1.54, 1.807) is 12.1 Å². The maximum Gasteiger partial charge on any atom is 0.222 e. The highest BCUT2D eigenvalue weighted by Crippen LogP contribution is 2.11. The fourth-order valence-electron chi connectivity index (χ4n) is 3.09. The molecule has 0 unspecified atom stereocenters. The van der Waals surface area contributed by atoms with E-state index in [0.29, 0.717) is 19.5 Å². The van der Waals surface area contributed by atoms with Gasteiger partial charge in [0.15, 0.2) is 5.96 Å². The molecule has 2 rings (SSSR count). The summed E-state index contributed by atoms with van der Waals surface area (Å²) in [6.45, 7) is 5.86. The number of rotatable bonds is 8. The summed E-state index contributed by atoms with van der Waals surface area (Å²) in [5, 5.41) is 6.50. The quantitative estimate of drug-likeness (QED) is 0.255. The number of carbonyl (C=O) groups excluding carboxylic acids is 1. The lowest BCUT2D eigenvalue weighted by Gasteiger charge is -2.20. The molecule has 1 aliphatic heterocycles. The number of benzene rings is 1. The van der Waals surface area contributed by atoms with Crippen molar-refractivity contribution in [3.63, 3.8) is 0 Å². The Labute approximate surface area is 179 Å². The van der Waals surface area contributed by atoms with E-state index in [4.69, 9.17) is 0 Å². The van der Waals surface area contributed by atoms with Crippen molar-refractivity contribution < 1.29 is 9.18 Å². The van der Waals surface area contributed by atoms with E-state index in [1.807, 2.05) is 17.9 Å². The van der Waals surface area contributed by atoms with Crippen LogP contribution in [0.4, 0.5) is 4.39 Å². The van der Waals surface area contributed by atoms with Gasteiger partial charge in [-0.2, -0.15) is 0 Å². The first kappa shape index (κ1) is 23.7. The SMILES string of the molecule is CCNC(=NCCCN1CCCCCC1=O)NCCc1cccc(F)c1.I. The van der Waals surface area contributed by atoms with Crippen molar-refractivity contribution in [3.8, 4) is 0 Å². The zero-order chi connectivity index (χ0) is 18.6. The van der Waals surface area contributed by atoms with Crippen LogP contribution in [0, 0.1) is 5.82 Å². The molecule has 7 heteroatoms. The van der Waals surface area contributed by atoms with Gasteiger partial charge in [0.05, 0.1) is 0 Å². The Morgan fingerprint density at radius 2 is 2.11 bits per heavy atom. The third kappa shape index (κ3) is 9.39. The molecule has 0 aromatic heterocycles. The van der Waals surface area contributed by atoms with Crippen LogP contribution in [0.15, 0.2) is 29.3 Å². The van der Waals surface area contributed by atoms with E-state index in [2.05, 4.69) is 15.6 Å². The van der Waals surface area contributed by atoms with E-state index >= 15 is 0 Å². The average molecular weight is 490 g/mol. The number of hydrogen-bond donors (Lipinski definition) is 2. The van der Waals surface area contributed by atoms with Crippen molar-refractivity contribution in [1.29, 1.82) is 0 Å². The van der Waals surface area contributed by atoms with E-state index < -0.39 is 0 Å². The summed E-state index contributed by atoms with van der Waals surface area (Å²) in [7, 11) is 0. The smallest absolute Gasteiger partial charge is 0.222 e. The van der Waals surface area contributed by atoms with Crippen LogP contribution in [0.1, 0.15) is 44.6 Å². The molecule has 0 spiro atoms. The fraction of sp³-hybridized carbons (Fsp3) is 0.600. The Balaban J connectivity index is 0.00000364. The van der Waals surface area contributed by atoms with Gasteiger partial charge in [-0.1, -0.05) is 18.6 Å². The van der Waals surface area contributed by atoms with E-state index in [0.717, 1.165) is 63.3 Å². The van der Waals surface area contributed by atoms with Crippen LogP contribution in [-0.4, -0.2) is 49.5 Å². The normalized spacial score (nSPS) is 15.1. The molecule has 1 aliphatic rings. The Morgan fingerprint density at radius 3 is 2.89 bits per heavy atom. The van der Waals surface area contributed by atoms with Gasteiger partial charge in [0.1, 0.15) is 5.82 Å². The van der Waals surface area contributed by atoms with Crippen LogP contribution >= 0.6 is 24.0 Å². The van der Waals surface area contributed by atoms with Crippen molar-refractivity contribution in [2.75, 3.05) is 32.7 Å². The van der Waals surface area contributed by atoms with E-state index in [1.165, 1.54) is 6.07 Å². The van der Waals surface area contributed by atoms with Crippen LogP contribution in [0.5, 0.6) is 0 Å². The molecule has 2 N–H and O–H groups in total. The number of nitrogens with zero attached hydrogens (tertiary/aromatic N) is 2. The fourth-order valence-corrected chi connectivity index (χ4v) is 3.09. The number of nitrogens with one attached hydrogen (secondary N) is 2. The molecule has 0 radical (unpaired) electrons. The third-order valence-electron chi connectivity index (χ3n) is 4.47. The molecule has 1 amide bonds. The third-order valence-corrected chi connectivity index (χ3v) is 4.47. The minimum absolute atomic E-state index is 0. The summed E-state index contributed by atoms with van der Waals surface area (Å²) in [5.41, 5.74) is 0.966. The molecule has 152 valence electrons. The van der Waals surface area contributed by atoms with Gasteiger partial charge in [0.2, 0.25) is 5.91 Å². The minimum Gasteiger partial charge on any atom is -0.357 e. The summed E-state index contributed by atoms with van der Waals surface area (Å²) in [6, 6.07) is 6.67. The molecule has 0 atom stereocenters. The number of halogens is 2. The Kier molecular flexibility index (Phi) is 12.0. The number of likely N-dealkylation sites (tertiary alicyclic amines) is 1. The molecule has 1 saturated heterocycles. The van der Waals surface area contributed by atoms with Gasteiger partial charge in [-0.3, -0.25) is 9.79 Å². The van der Waals surface area contributed by atoms with Crippen LogP contribution in [0.3, 0.4) is 0 Å². The van der Waals surface area contributed by atoms with Crippen LogP contribution < -0.4 is 10.6 Å². The summed E-state index contributed by atoms with van der Waals surface area (Å²) in [6.07, 6.45) is 5.58. The molecule has 1 aromatic rings. The number of guanidine groups is 1. The first-order valence-electron chi connectivity index (χ1n) is 9.73. The standard InChI is InChI=1S/C20H31FN4O.HI/c1-2-22-20(24-13-11-17-8-6-9-18(21)16-17)23-12-7-15-25-14-5-3-4-10-19(25)26;/h6,8-9,16H,2-5,7,10-15H2,1H3,(H2,22,23,24);1H. The van der Waals surface area contributed by atoms with Crippen molar-refractivity contribution in [3.05, 3.63) is 35.6 Å². The zero-order valence-electron chi connectivity index (χ0n) is 16.2. The molecule has 0 saturated carbocycles. The van der Waals surface area contributed by atoms with Crippen molar-refractivity contribution in [2.24, 2.45) is 4.99 Å². The van der Waals surface area contributed by atoms with Crippen LogP contribution in [0.25, 0.3) is 0 Å². The van der Waals surface area contributed by atoms with E-state index in [9.17, 15) is 9.18 Å². The lowest BCUT2D eigenvalue weighted by Crippen LogP contribution is -2.38. The maximum absolute atomic E-state index is 13.2. The van der Waals surface area contributed by atoms with Crippen molar-refractivity contribution in [2.45, 2.75) is 45.4 Å². The molecular weight excluding hydrogens is 458 g/mol. The van der Waals surface area contributed by atoms with Gasteiger partial charge >= 0.3 is 0 Å². The highest BCUT2D eigenvalue weighted by molar-refractivity contribution is 14.0. The summed E-state index contributed by atoms with van der Waals surface area (Å²) >= 11 is 0. The molecule has 1 fully saturated rings. The van der Waals surface area contributed by atoms with Gasteiger partial charge in [-0.15, -0.1) is 24.0 Å². The predicted molar refractivity (Wildman–Crippen MR) is 119 cm³/mol. The number of aliphatic imine (C=N–C) groups is 1. The molecule has 0 aliphatic carbocycles. The Bertz CT molecular complexity index is 597. The summed E-state index contributed by atoms with van der Waals surface area (Å²) < 4.78 is 13.2. The molecule has 27 heavy (non-hydrogen) atoms. The average Bonchev–Trinajstić information content (AvgIpc) is 2.83. The van der Waals surface area contributed by atoms with Crippen LogP contribution in [0.2, 0.25) is 0 Å². The summed E-state index contributed by atoms with van der Waals surface area (Å²) in [5.74, 6) is 0.851. The number of hydrogen-bond acceptors (Lipinski definition) is 2. The lowest BCUT2D eigenvalue weighted by molar-refractivity contribution is -0.130. The largest absolute Gasteiger partial charge is 0.357 e. The first-order chi connectivity index (χ1) is 12.7. The predicted octanol–water partition coefficient (Wildman–Crippen LogP) is 3.33. The molecule has 1 heterocycles. The van der Waals surface area contributed by atoms with Gasteiger partial charge in [-0.25, -0.2) is 4.39 Å². The van der Waals surface area contributed by atoms with E-state index in [-0.39, 0.29) is 35.7 Å². The van der Waals surface area contributed by atoms with Gasteiger partial charge in [0.25, 0.3) is 0 Å². The number of amides is 1. The minimum atomic E-state index is -0.203. The van der Waals surface area contributed by atoms with Gasteiger partial charge in [0, 0.05) is 39.1 Å². The van der Waals surface area contributed by atoms with Crippen molar-refractivity contribution >= 4 is 35.8 Å². The molecule has 1 aromatic carbocycles. The maximum atomic E-state index is 13.2. The van der Waals surface area contributed by atoms with Crippen LogP contribution in [-0.2, 0) is 11.2 Å². The second-order valence-electron chi connectivity index (χ2n) is 6.61. The van der Waals surface area contributed by atoms with Gasteiger partial charge < -0.3 is 15.5 Å². The van der Waals surface area contributed by atoms with Crippen molar-refractivity contribution in [1.82, 2.24) is 15.5 Å². The Hall–Kier alpha value is -1.38. The first-order valence-corrected chi connectivity index (χ1v) is 9.73. The number of carbonyl (C=O) groups is 1. The summed E-state index contributed by atoms with van der Waals surface area (Å²) in [4.78, 5) is 18.5.